The van der Waals surface area contributed by atoms with Gasteiger partial charge in [0.25, 0.3) is 0 Å². The standard InChI is InChI=1S/C12H16O3S/c1-9(2)16(14,15)8-12(13)11-6-4-5-10(3)7-11/h4-7,9H,8H2,1-3H3. The molecule has 16 heavy (non-hydrogen) atoms. The molecule has 4 heteroatoms. The van der Waals surface area contributed by atoms with E-state index in [0.717, 1.165) is 5.56 Å². The second kappa shape index (κ2) is 4.78. The van der Waals surface area contributed by atoms with Gasteiger partial charge in [0.2, 0.25) is 0 Å². The molecule has 0 aliphatic rings. The maximum absolute atomic E-state index is 11.7. The number of hydrogen-bond acceptors (Lipinski definition) is 3. The minimum atomic E-state index is -3.31. The van der Waals surface area contributed by atoms with Crippen LogP contribution in [0, 0.1) is 6.92 Å². The fraction of sp³-hybridized carbons (Fsp3) is 0.417. The van der Waals surface area contributed by atoms with Crippen LogP contribution in [-0.2, 0) is 9.84 Å². The van der Waals surface area contributed by atoms with Gasteiger partial charge >= 0.3 is 0 Å². The largest absolute Gasteiger partial charge is 0.293 e. The van der Waals surface area contributed by atoms with Crippen molar-refractivity contribution in [3.63, 3.8) is 0 Å². The molecule has 0 N–H and O–H groups in total. The van der Waals surface area contributed by atoms with E-state index in [1.807, 2.05) is 13.0 Å². The van der Waals surface area contributed by atoms with Gasteiger partial charge in [-0.1, -0.05) is 23.8 Å². The van der Waals surface area contributed by atoms with Crippen LogP contribution in [0.25, 0.3) is 0 Å². The number of benzene rings is 1. The van der Waals surface area contributed by atoms with Crippen LogP contribution >= 0.6 is 0 Å². The van der Waals surface area contributed by atoms with Crippen LogP contribution in [0.4, 0.5) is 0 Å². The molecular weight excluding hydrogens is 224 g/mol. The predicted molar refractivity (Wildman–Crippen MR) is 64.4 cm³/mol. The van der Waals surface area contributed by atoms with E-state index in [-0.39, 0.29) is 5.78 Å². The lowest BCUT2D eigenvalue weighted by Gasteiger charge is -2.07. The van der Waals surface area contributed by atoms with Gasteiger partial charge in [0.05, 0.1) is 5.25 Å². The second-order valence-corrected chi connectivity index (χ2v) is 6.71. The van der Waals surface area contributed by atoms with Crippen molar-refractivity contribution in [2.75, 3.05) is 5.75 Å². The number of sulfone groups is 1. The lowest BCUT2D eigenvalue weighted by atomic mass is 10.1. The van der Waals surface area contributed by atoms with Crippen LogP contribution in [-0.4, -0.2) is 25.2 Å². The average molecular weight is 240 g/mol. The first-order valence-corrected chi connectivity index (χ1v) is 6.86. The van der Waals surface area contributed by atoms with Crippen molar-refractivity contribution >= 4 is 15.6 Å². The van der Waals surface area contributed by atoms with Crippen LogP contribution < -0.4 is 0 Å². The Hall–Kier alpha value is -1.16. The number of Topliss-reactive ketones (excluding diaryl/α,β-unsaturated/α-hetero) is 1. The topological polar surface area (TPSA) is 51.2 Å². The van der Waals surface area contributed by atoms with Gasteiger partial charge in [-0.15, -0.1) is 0 Å². The first kappa shape index (κ1) is 12.9. The molecule has 1 rings (SSSR count). The number of carbonyl (C=O) groups is 1. The Morgan fingerprint density at radius 3 is 2.44 bits per heavy atom. The first-order valence-electron chi connectivity index (χ1n) is 5.14. The van der Waals surface area contributed by atoms with Gasteiger partial charge < -0.3 is 0 Å². The Kier molecular flexibility index (Phi) is 3.86. The number of aryl methyl sites for hydroxylation is 1. The molecule has 0 aliphatic heterocycles. The highest BCUT2D eigenvalue weighted by Crippen LogP contribution is 2.09. The van der Waals surface area contributed by atoms with E-state index >= 15 is 0 Å². The number of ketones is 1. The van der Waals surface area contributed by atoms with Gasteiger partial charge in [-0.3, -0.25) is 4.79 Å². The molecule has 1 aromatic carbocycles. The smallest absolute Gasteiger partial charge is 0.177 e. The van der Waals surface area contributed by atoms with Crippen LogP contribution in [0.1, 0.15) is 29.8 Å². The summed E-state index contributed by atoms with van der Waals surface area (Å²) in [7, 11) is -3.31. The third-order valence-corrected chi connectivity index (χ3v) is 4.49. The molecule has 0 saturated carbocycles. The zero-order valence-corrected chi connectivity index (χ0v) is 10.5. The number of rotatable bonds is 4. The van der Waals surface area contributed by atoms with E-state index < -0.39 is 20.8 Å². The molecule has 0 aliphatic carbocycles. The van der Waals surface area contributed by atoms with Gasteiger partial charge in [-0.25, -0.2) is 8.42 Å². The SMILES string of the molecule is Cc1cccc(C(=O)CS(=O)(=O)C(C)C)c1. The quantitative estimate of drug-likeness (QED) is 0.756. The molecule has 0 saturated heterocycles. The molecule has 0 amide bonds. The maximum Gasteiger partial charge on any atom is 0.177 e. The summed E-state index contributed by atoms with van der Waals surface area (Å²) in [5.41, 5.74) is 1.41. The second-order valence-electron chi connectivity index (χ2n) is 4.15. The highest BCUT2D eigenvalue weighted by atomic mass is 32.2. The zero-order chi connectivity index (χ0) is 12.3. The van der Waals surface area contributed by atoms with Crippen molar-refractivity contribution in [2.45, 2.75) is 26.0 Å². The molecule has 3 nitrogen and oxygen atoms in total. The number of carbonyl (C=O) groups excluding carboxylic acids is 1. The monoisotopic (exact) mass is 240 g/mol. The van der Waals surface area contributed by atoms with Crippen molar-refractivity contribution < 1.29 is 13.2 Å². The highest BCUT2D eigenvalue weighted by molar-refractivity contribution is 7.92. The van der Waals surface area contributed by atoms with E-state index in [2.05, 4.69) is 0 Å². The van der Waals surface area contributed by atoms with Crippen molar-refractivity contribution in [3.8, 4) is 0 Å². The molecule has 0 fully saturated rings. The van der Waals surface area contributed by atoms with E-state index in [9.17, 15) is 13.2 Å². The van der Waals surface area contributed by atoms with Gasteiger partial charge in [-0.2, -0.15) is 0 Å². The minimum absolute atomic E-state index is 0.336. The maximum atomic E-state index is 11.7. The molecule has 0 aromatic heterocycles. The summed E-state index contributed by atoms with van der Waals surface area (Å²) in [6, 6.07) is 6.97. The fourth-order valence-electron chi connectivity index (χ4n) is 1.25. The summed E-state index contributed by atoms with van der Waals surface area (Å²) in [5, 5.41) is -0.513. The third kappa shape index (κ3) is 3.17. The summed E-state index contributed by atoms with van der Waals surface area (Å²) < 4.78 is 23.2. The zero-order valence-electron chi connectivity index (χ0n) is 9.73. The van der Waals surface area contributed by atoms with Crippen molar-refractivity contribution in [1.29, 1.82) is 0 Å². The van der Waals surface area contributed by atoms with Crippen LogP contribution in [0.2, 0.25) is 0 Å². The van der Waals surface area contributed by atoms with Gasteiger partial charge in [0, 0.05) is 5.56 Å². The summed E-state index contributed by atoms with van der Waals surface area (Å²) in [6.07, 6.45) is 0. The highest BCUT2D eigenvalue weighted by Gasteiger charge is 2.21. The normalized spacial score (nSPS) is 11.8. The molecular formula is C12H16O3S. The van der Waals surface area contributed by atoms with Crippen molar-refractivity contribution in [1.82, 2.24) is 0 Å². The van der Waals surface area contributed by atoms with E-state index in [1.165, 1.54) is 0 Å². The Labute approximate surface area is 96.4 Å². The van der Waals surface area contributed by atoms with Gasteiger partial charge in [-0.05, 0) is 26.8 Å². The van der Waals surface area contributed by atoms with Gasteiger partial charge in [0.1, 0.15) is 5.75 Å². The summed E-state index contributed by atoms with van der Waals surface area (Å²) in [6.45, 7) is 5.03. The Balaban J connectivity index is 2.90. The molecule has 0 spiro atoms. The third-order valence-electron chi connectivity index (χ3n) is 2.39. The van der Waals surface area contributed by atoms with Crippen LogP contribution in [0.15, 0.2) is 24.3 Å². The predicted octanol–water partition coefficient (Wildman–Crippen LogP) is 2.00. The molecule has 0 atom stereocenters. The van der Waals surface area contributed by atoms with Gasteiger partial charge in [0.15, 0.2) is 15.6 Å². The molecule has 0 unspecified atom stereocenters. The molecule has 0 radical (unpaired) electrons. The molecule has 1 aromatic rings. The van der Waals surface area contributed by atoms with E-state index in [4.69, 9.17) is 0 Å². The van der Waals surface area contributed by atoms with Crippen LogP contribution in [0.3, 0.4) is 0 Å². The van der Waals surface area contributed by atoms with Crippen LogP contribution in [0.5, 0.6) is 0 Å². The van der Waals surface area contributed by atoms with Crippen molar-refractivity contribution in [3.05, 3.63) is 35.4 Å². The Morgan fingerprint density at radius 2 is 1.94 bits per heavy atom. The number of hydrogen-bond donors (Lipinski definition) is 0. The minimum Gasteiger partial charge on any atom is -0.293 e. The lowest BCUT2D eigenvalue weighted by Crippen LogP contribution is -2.23. The fourth-order valence-corrected chi connectivity index (χ4v) is 2.12. The van der Waals surface area contributed by atoms with Crippen molar-refractivity contribution in [2.24, 2.45) is 0 Å². The summed E-state index contributed by atoms with van der Waals surface area (Å²) in [4.78, 5) is 11.7. The lowest BCUT2D eigenvalue weighted by molar-refractivity contribution is 0.102. The first-order chi connectivity index (χ1) is 7.33. The Morgan fingerprint density at radius 1 is 1.31 bits per heavy atom. The average Bonchev–Trinajstić information content (AvgIpc) is 2.16. The Bertz CT molecular complexity index is 487. The molecule has 0 bridgehead atoms. The summed E-state index contributed by atoms with van der Waals surface area (Å²) in [5.74, 6) is -0.744. The summed E-state index contributed by atoms with van der Waals surface area (Å²) >= 11 is 0. The van der Waals surface area contributed by atoms with E-state index in [0.29, 0.717) is 5.56 Å². The molecule has 88 valence electrons. The molecule has 0 heterocycles. The van der Waals surface area contributed by atoms with E-state index in [1.54, 1.807) is 32.0 Å².